The number of unbranched alkanes of at least 4 members (excludes halogenated alkanes) is 1. The summed E-state index contributed by atoms with van der Waals surface area (Å²) in [7, 11) is 1.76. The molecule has 138 valence electrons. The fourth-order valence-corrected chi connectivity index (χ4v) is 1.93. The summed E-state index contributed by atoms with van der Waals surface area (Å²) in [5.74, 6) is 1.46. The molecule has 1 aromatic rings. The zero-order chi connectivity index (χ0) is 16.8. The Hall–Kier alpha value is -1.09. The largest absolute Gasteiger partial charge is 0.477 e. The molecule has 0 fully saturated rings. The summed E-state index contributed by atoms with van der Waals surface area (Å²) in [6.45, 7) is 7.82. The molecule has 0 bridgehead atoms. The van der Waals surface area contributed by atoms with Crippen molar-refractivity contribution in [2.24, 2.45) is 4.99 Å². The molecule has 7 heteroatoms. The van der Waals surface area contributed by atoms with E-state index < -0.39 is 0 Å². The van der Waals surface area contributed by atoms with Crippen LogP contribution in [0.25, 0.3) is 0 Å². The molecule has 0 atom stereocenters. The first kappa shape index (κ1) is 22.9. The first-order valence-corrected chi connectivity index (χ1v) is 8.40. The lowest BCUT2D eigenvalue weighted by atomic mass is 10.2. The molecule has 6 nitrogen and oxygen atoms in total. The van der Waals surface area contributed by atoms with Gasteiger partial charge in [0.15, 0.2) is 5.96 Å². The van der Waals surface area contributed by atoms with E-state index in [0.717, 1.165) is 50.5 Å². The minimum Gasteiger partial charge on any atom is -0.477 e. The molecule has 0 aromatic carbocycles. The maximum absolute atomic E-state index is 5.74. The van der Waals surface area contributed by atoms with Gasteiger partial charge in [0.2, 0.25) is 5.88 Å². The molecule has 0 aliphatic carbocycles. The van der Waals surface area contributed by atoms with E-state index in [4.69, 9.17) is 9.47 Å². The fourth-order valence-electron chi connectivity index (χ4n) is 1.93. The topological polar surface area (TPSA) is 67.8 Å². The van der Waals surface area contributed by atoms with Crippen molar-refractivity contribution in [1.29, 1.82) is 0 Å². The van der Waals surface area contributed by atoms with E-state index in [2.05, 4.69) is 27.5 Å². The van der Waals surface area contributed by atoms with Crippen LogP contribution in [0.15, 0.2) is 23.3 Å². The second-order valence-electron chi connectivity index (χ2n) is 5.07. The summed E-state index contributed by atoms with van der Waals surface area (Å²) < 4.78 is 11.1. The Bertz CT molecular complexity index is 458. The Morgan fingerprint density at radius 2 is 2.04 bits per heavy atom. The highest BCUT2D eigenvalue weighted by Crippen LogP contribution is 2.14. The minimum atomic E-state index is 0. The molecule has 0 aliphatic heterocycles. The van der Waals surface area contributed by atoms with Crippen molar-refractivity contribution >= 4 is 29.9 Å². The van der Waals surface area contributed by atoms with Crippen molar-refractivity contribution in [3.63, 3.8) is 0 Å². The predicted molar refractivity (Wildman–Crippen MR) is 109 cm³/mol. The molecule has 0 amide bonds. The number of guanidine groups is 1. The zero-order valence-electron chi connectivity index (χ0n) is 15.0. The lowest BCUT2D eigenvalue weighted by molar-refractivity contribution is 0.145. The highest BCUT2D eigenvalue weighted by molar-refractivity contribution is 14.0. The summed E-state index contributed by atoms with van der Waals surface area (Å²) in [5, 5.41) is 6.55. The summed E-state index contributed by atoms with van der Waals surface area (Å²) in [5.41, 5.74) is 1.03. The van der Waals surface area contributed by atoms with Crippen LogP contribution in [0.3, 0.4) is 0 Å². The maximum Gasteiger partial charge on any atom is 0.218 e. The SMILES string of the molecule is CCCCOc1ncccc1CNC(=NC)NCCCOCC.I. The second kappa shape index (κ2) is 15.4. The van der Waals surface area contributed by atoms with Gasteiger partial charge in [-0.3, -0.25) is 4.99 Å². The van der Waals surface area contributed by atoms with Crippen molar-refractivity contribution in [3.05, 3.63) is 23.9 Å². The van der Waals surface area contributed by atoms with E-state index in [0.29, 0.717) is 19.0 Å². The van der Waals surface area contributed by atoms with Crippen LogP contribution < -0.4 is 15.4 Å². The van der Waals surface area contributed by atoms with E-state index >= 15 is 0 Å². The van der Waals surface area contributed by atoms with Crippen molar-refractivity contribution in [2.45, 2.75) is 39.7 Å². The van der Waals surface area contributed by atoms with Crippen molar-refractivity contribution in [3.8, 4) is 5.88 Å². The Morgan fingerprint density at radius 1 is 1.21 bits per heavy atom. The second-order valence-corrected chi connectivity index (χ2v) is 5.07. The highest BCUT2D eigenvalue weighted by atomic mass is 127. The monoisotopic (exact) mass is 450 g/mol. The third-order valence-electron chi connectivity index (χ3n) is 3.22. The van der Waals surface area contributed by atoms with Gasteiger partial charge in [-0.2, -0.15) is 0 Å². The highest BCUT2D eigenvalue weighted by Gasteiger charge is 2.05. The number of ether oxygens (including phenoxy) is 2. The van der Waals surface area contributed by atoms with Gasteiger partial charge in [0, 0.05) is 45.1 Å². The molecule has 0 saturated heterocycles. The Kier molecular flexibility index (Phi) is 14.7. The van der Waals surface area contributed by atoms with Crippen molar-refractivity contribution < 1.29 is 9.47 Å². The number of aliphatic imine (C=N–C) groups is 1. The van der Waals surface area contributed by atoms with Crippen LogP contribution in [0.4, 0.5) is 0 Å². The molecule has 0 saturated carbocycles. The maximum atomic E-state index is 5.74. The van der Waals surface area contributed by atoms with Crippen molar-refractivity contribution in [1.82, 2.24) is 15.6 Å². The summed E-state index contributed by atoms with van der Waals surface area (Å²) in [4.78, 5) is 8.53. The first-order chi connectivity index (χ1) is 11.3. The third kappa shape index (κ3) is 9.92. The third-order valence-corrected chi connectivity index (χ3v) is 3.22. The Labute approximate surface area is 162 Å². The first-order valence-electron chi connectivity index (χ1n) is 8.40. The Morgan fingerprint density at radius 3 is 2.75 bits per heavy atom. The van der Waals surface area contributed by atoms with E-state index in [1.54, 1.807) is 13.2 Å². The molecule has 0 spiro atoms. The van der Waals surface area contributed by atoms with Gasteiger partial charge in [-0.15, -0.1) is 24.0 Å². The zero-order valence-corrected chi connectivity index (χ0v) is 17.3. The number of halogens is 1. The summed E-state index contributed by atoms with van der Waals surface area (Å²) in [6, 6.07) is 3.94. The molecule has 2 N–H and O–H groups in total. The van der Waals surface area contributed by atoms with E-state index in [9.17, 15) is 0 Å². The smallest absolute Gasteiger partial charge is 0.218 e. The van der Waals surface area contributed by atoms with Crippen LogP contribution >= 0.6 is 24.0 Å². The summed E-state index contributed by atoms with van der Waals surface area (Å²) >= 11 is 0. The van der Waals surface area contributed by atoms with Gasteiger partial charge in [-0.25, -0.2) is 4.98 Å². The fraction of sp³-hybridized carbons (Fsp3) is 0.647. The lowest BCUT2D eigenvalue weighted by Crippen LogP contribution is -2.37. The lowest BCUT2D eigenvalue weighted by Gasteiger charge is -2.14. The number of nitrogens with one attached hydrogen (secondary N) is 2. The number of rotatable bonds is 11. The van der Waals surface area contributed by atoms with Gasteiger partial charge in [0.1, 0.15) is 0 Å². The van der Waals surface area contributed by atoms with Crippen LogP contribution in [0.2, 0.25) is 0 Å². The molecule has 24 heavy (non-hydrogen) atoms. The summed E-state index contributed by atoms with van der Waals surface area (Å²) in [6.07, 6.45) is 4.85. The molecule has 0 unspecified atom stereocenters. The molecule has 1 heterocycles. The number of nitrogens with zero attached hydrogens (tertiary/aromatic N) is 2. The van der Waals surface area contributed by atoms with Crippen LogP contribution in [0.5, 0.6) is 5.88 Å². The molecule has 1 rings (SSSR count). The van der Waals surface area contributed by atoms with Crippen LogP contribution in [0, 0.1) is 0 Å². The van der Waals surface area contributed by atoms with Gasteiger partial charge in [-0.1, -0.05) is 19.4 Å². The van der Waals surface area contributed by atoms with Crippen LogP contribution in [-0.2, 0) is 11.3 Å². The molecular weight excluding hydrogens is 419 g/mol. The van der Waals surface area contributed by atoms with Gasteiger partial charge >= 0.3 is 0 Å². The average molecular weight is 450 g/mol. The van der Waals surface area contributed by atoms with Crippen LogP contribution in [-0.4, -0.2) is 44.4 Å². The van der Waals surface area contributed by atoms with Gasteiger partial charge in [-0.05, 0) is 25.8 Å². The van der Waals surface area contributed by atoms with Crippen LogP contribution in [0.1, 0.15) is 38.7 Å². The molecule has 0 radical (unpaired) electrons. The number of pyridine rings is 1. The predicted octanol–water partition coefficient (Wildman–Crippen LogP) is 2.97. The van der Waals surface area contributed by atoms with E-state index in [1.165, 1.54) is 0 Å². The standard InChI is InChI=1S/C17H30N4O2.HI/c1-4-6-13-23-16-15(9-7-10-19-16)14-21-17(18-3)20-11-8-12-22-5-2;/h7,9-10H,4-6,8,11-14H2,1-3H3,(H2,18,20,21);1H. The quantitative estimate of drug-likeness (QED) is 0.235. The number of aromatic nitrogens is 1. The van der Waals surface area contributed by atoms with Gasteiger partial charge < -0.3 is 20.1 Å². The van der Waals surface area contributed by atoms with Gasteiger partial charge in [0.25, 0.3) is 0 Å². The van der Waals surface area contributed by atoms with Gasteiger partial charge in [0.05, 0.1) is 6.61 Å². The normalized spacial score (nSPS) is 10.9. The molecule has 0 aliphatic rings. The molecular formula is C17H31IN4O2. The minimum absolute atomic E-state index is 0. The Balaban J connectivity index is 0.00000529. The number of hydrogen-bond acceptors (Lipinski definition) is 4. The molecule has 1 aromatic heterocycles. The average Bonchev–Trinajstić information content (AvgIpc) is 2.58. The van der Waals surface area contributed by atoms with E-state index in [1.807, 2.05) is 19.1 Å². The van der Waals surface area contributed by atoms with E-state index in [-0.39, 0.29) is 24.0 Å². The van der Waals surface area contributed by atoms with Crippen molar-refractivity contribution in [2.75, 3.05) is 33.4 Å². The number of hydrogen-bond donors (Lipinski definition) is 2.